The van der Waals surface area contributed by atoms with Crippen molar-refractivity contribution >= 4 is 27.5 Å². The molecule has 38 heavy (non-hydrogen) atoms. The zero-order valence-corrected chi connectivity index (χ0v) is 20.9. The molecule has 14 heteroatoms. The average Bonchev–Trinajstić information content (AvgIpc) is 3.17. The summed E-state index contributed by atoms with van der Waals surface area (Å²) in [5.74, 6) is -8.49. The van der Waals surface area contributed by atoms with E-state index in [0.29, 0.717) is 15.2 Å². The van der Waals surface area contributed by atoms with E-state index < -0.39 is 71.0 Å². The number of pyridine rings is 1. The van der Waals surface area contributed by atoms with Crippen molar-refractivity contribution in [2.75, 3.05) is 5.73 Å². The molecule has 0 bridgehead atoms. The number of carbonyl (C=O) groups is 1. The first-order valence-corrected chi connectivity index (χ1v) is 12.3. The predicted molar refractivity (Wildman–Crippen MR) is 124 cm³/mol. The standard InChI is InChI=1S/C24H19BrF7N5O/c25-16-7-13(33)8-34-20(16)17(5-10-3-11(26)6-12(27)4-10)35-18(38)9-37-22-19(21(36-37)24(30,31)32)14-1-2-15(14)23(22,28)29/h3-4,6-8,14-15,17H,1-2,5,9,33H2,(H,35,38)/t14-,15+,17-/m0/s1. The van der Waals surface area contributed by atoms with Crippen LogP contribution in [0.15, 0.2) is 34.9 Å². The minimum absolute atomic E-state index is 0.0684. The summed E-state index contributed by atoms with van der Waals surface area (Å²) in [4.78, 5) is 17.2. The van der Waals surface area contributed by atoms with Crippen molar-refractivity contribution in [1.82, 2.24) is 20.1 Å². The lowest BCUT2D eigenvalue weighted by atomic mass is 9.73. The van der Waals surface area contributed by atoms with Crippen LogP contribution in [0.25, 0.3) is 0 Å². The summed E-state index contributed by atoms with van der Waals surface area (Å²) < 4.78 is 99.5. The van der Waals surface area contributed by atoms with Crippen LogP contribution in [0.5, 0.6) is 0 Å². The fourth-order valence-electron chi connectivity index (χ4n) is 5.23. The van der Waals surface area contributed by atoms with Gasteiger partial charge >= 0.3 is 6.18 Å². The lowest BCUT2D eigenvalue weighted by Crippen LogP contribution is -2.36. The van der Waals surface area contributed by atoms with Crippen molar-refractivity contribution in [2.24, 2.45) is 5.92 Å². The highest BCUT2D eigenvalue weighted by molar-refractivity contribution is 9.10. The molecule has 1 saturated carbocycles. The Balaban J connectivity index is 1.47. The van der Waals surface area contributed by atoms with Gasteiger partial charge in [-0.1, -0.05) is 0 Å². The van der Waals surface area contributed by atoms with Crippen molar-refractivity contribution in [2.45, 2.75) is 49.9 Å². The summed E-state index contributed by atoms with van der Waals surface area (Å²) in [5.41, 5.74) is 3.45. The molecule has 0 saturated heterocycles. The third kappa shape index (κ3) is 4.63. The van der Waals surface area contributed by atoms with E-state index >= 15 is 8.78 Å². The molecule has 0 aliphatic heterocycles. The number of halogens is 8. The van der Waals surface area contributed by atoms with Gasteiger partial charge in [0.2, 0.25) is 5.91 Å². The van der Waals surface area contributed by atoms with Crippen molar-refractivity contribution < 1.29 is 35.5 Å². The van der Waals surface area contributed by atoms with Crippen molar-refractivity contribution in [3.8, 4) is 0 Å². The molecule has 3 atom stereocenters. The number of hydrogen-bond acceptors (Lipinski definition) is 4. The SMILES string of the molecule is Nc1cnc([C@H](Cc2cc(F)cc(F)c2)NC(=O)Cn2nc(C(F)(F)F)c3c2C(F)(F)[C@@H]2CC[C@H]32)c(Br)c1. The molecule has 0 radical (unpaired) electrons. The van der Waals surface area contributed by atoms with Crippen LogP contribution < -0.4 is 11.1 Å². The van der Waals surface area contributed by atoms with Gasteiger partial charge in [-0.2, -0.15) is 27.1 Å². The van der Waals surface area contributed by atoms with Gasteiger partial charge in [-0.15, -0.1) is 0 Å². The fraction of sp³-hybridized carbons (Fsp3) is 0.375. The number of nitrogens with two attached hydrogens (primary N) is 1. The summed E-state index contributed by atoms with van der Waals surface area (Å²) in [6, 6.07) is 3.17. The van der Waals surface area contributed by atoms with Gasteiger partial charge in [-0.05, 0) is 64.9 Å². The zero-order valence-electron chi connectivity index (χ0n) is 19.3. The molecule has 1 fully saturated rings. The Kier molecular flexibility index (Phi) is 6.43. The van der Waals surface area contributed by atoms with Crippen LogP contribution in [-0.4, -0.2) is 20.7 Å². The number of amides is 1. The molecule has 202 valence electrons. The maximum atomic E-state index is 15.1. The van der Waals surface area contributed by atoms with Crippen LogP contribution >= 0.6 is 15.9 Å². The number of carbonyl (C=O) groups excluding carboxylic acids is 1. The molecular formula is C24H19BrF7N5O. The lowest BCUT2D eigenvalue weighted by Gasteiger charge is -2.34. The van der Waals surface area contributed by atoms with Crippen molar-refractivity contribution in [3.63, 3.8) is 0 Å². The van der Waals surface area contributed by atoms with Gasteiger partial charge in [0.25, 0.3) is 5.92 Å². The Hall–Kier alpha value is -3.16. The molecule has 1 amide bonds. The third-order valence-electron chi connectivity index (χ3n) is 6.90. The highest BCUT2D eigenvalue weighted by atomic mass is 79.9. The first kappa shape index (κ1) is 26.4. The largest absolute Gasteiger partial charge is 0.435 e. The van der Waals surface area contributed by atoms with Gasteiger partial charge in [0.15, 0.2) is 5.69 Å². The summed E-state index contributed by atoms with van der Waals surface area (Å²) >= 11 is 3.26. The summed E-state index contributed by atoms with van der Waals surface area (Å²) in [5, 5.41) is 5.91. The number of nitrogens with zero attached hydrogens (tertiary/aromatic N) is 3. The Morgan fingerprint density at radius 1 is 1.18 bits per heavy atom. The van der Waals surface area contributed by atoms with Crippen LogP contribution in [0.3, 0.4) is 0 Å². The number of fused-ring (bicyclic) bond motifs is 3. The monoisotopic (exact) mass is 605 g/mol. The first-order chi connectivity index (χ1) is 17.8. The normalized spacial score (nSPS) is 20.4. The van der Waals surface area contributed by atoms with E-state index in [1.807, 2.05) is 0 Å². The van der Waals surface area contributed by atoms with Crippen molar-refractivity contribution in [1.29, 1.82) is 0 Å². The van der Waals surface area contributed by atoms with Crippen LogP contribution in [0.1, 0.15) is 53.0 Å². The Labute approximate surface area is 219 Å². The first-order valence-electron chi connectivity index (χ1n) is 11.5. The number of hydrogen-bond donors (Lipinski definition) is 2. The molecule has 2 aliphatic rings. The molecular weight excluding hydrogens is 587 g/mol. The lowest BCUT2D eigenvalue weighted by molar-refractivity contribution is -0.144. The van der Waals surface area contributed by atoms with Crippen LogP contribution in [0, 0.1) is 17.6 Å². The number of nitrogen functional groups attached to an aromatic ring is 1. The molecule has 2 aliphatic carbocycles. The molecule has 2 aromatic heterocycles. The molecule has 5 rings (SSSR count). The van der Waals surface area contributed by atoms with E-state index in [9.17, 15) is 26.7 Å². The van der Waals surface area contributed by atoms with E-state index in [1.165, 1.54) is 12.3 Å². The molecule has 1 aromatic carbocycles. The highest BCUT2D eigenvalue weighted by Gasteiger charge is 2.63. The number of alkyl halides is 5. The van der Waals surface area contributed by atoms with Gasteiger partial charge in [0.05, 0.1) is 23.6 Å². The van der Waals surface area contributed by atoms with Gasteiger partial charge in [-0.3, -0.25) is 14.5 Å². The van der Waals surface area contributed by atoms with Gasteiger partial charge in [0, 0.05) is 22.0 Å². The molecule has 2 heterocycles. The van der Waals surface area contributed by atoms with Crippen LogP contribution in [0.4, 0.5) is 36.4 Å². The molecule has 3 N–H and O–H groups in total. The zero-order chi connectivity index (χ0) is 27.6. The Bertz CT molecular complexity index is 1400. The smallest absolute Gasteiger partial charge is 0.397 e. The minimum Gasteiger partial charge on any atom is -0.397 e. The number of rotatable bonds is 6. The van der Waals surface area contributed by atoms with Gasteiger partial charge < -0.3 is 11.1 Å². The van der Waals surface area contributed by atoms with E-state index in [-0.39, 0.29) is 36.2 Å². The summed E-state index contributed by atoms with van der Waals surface area (Å²) in [6.45, 7) is -0.936. The summed E-state index contributed by atoms with van der Waals surface area (Å²) in [6.07, 6.45) is -3.63. The highest BCUT2D eigenvalue weighted by Crippen LogP contribution is 2.63. The van der Waals surface area contributed by atoms with E-state index in [1.54, 1.807) is 0 Å². The number of anilines is 1. The number of benzene rings is 1. The van der Waals surface area contributed by atoms with Gasteiger partial charge in [0.1, 0.15) is 23.9 Å². The maximum Gasteiger partial charge on any atom is 0.435 e. The topological polar surface area (TPSA) is 85.8 Å². The number of aromatic nitrogens is 3. The maximum absolute atomic E-state index is 15.1. The van der Waals surface area contributed by atoms with E-state index in [2.05, 4.69) is 31.3 Å². The number of nitrogens with one attached hydrogen (secondary N) is 1. The molecule has 3 aromatic rings. The van der Waals surface area contributed by atoms with Crippen molar-refractivity contribution in [3.05, 3.63) is 74.8 Å². The second kappa shape index (κ2) is 9.24. The van der Waals surface area contributed by atoms with E-state index in [4.69, 9.17) is 5.73 Å². The fourth-order valence-corrected chi connectivity index (χ4v) is 5.88. The van der Waals surface area contributed by atoms with Crippen LogP contribution in [-0.2, 0) is 29.9 Å². The quantitative estimate of drug-likeness (QED) is 0.357. The third-order valence-corrected chi connectivity index (χ3v) is 7.53. The average molecular weight is 606 g/mol. The second-order valence-corrected chi connectivity index (χ2v) is 10.3. The molecule has 0 unspecified atom stereocenters. The molecule has 0 spiro atoms. The predicted octanol–water partition coefficient (Wildman–Crippen LogP) is 5.62. The Morgan fingerprint density at radius 3 is 2.45 bits per heavy atom. The van der Waals surface area contributed by atoms with Crippen LogP contribution in [0.2, 0.25) is 0 Å². The minimum atomic E-state index is -4.98. The summed E-state index contributed by atoms with van der Waals surface area (Å²) in [7, 11) is 0. The molecule has 6 nitrogen and oxygen atoms in total. The Morgan fingerprint density at radius 2 is 1.87 bits per heavy atom. The van der Waals surface area contributed by atoms with E-state index in [0.717, 1.165) is 12.1 Å². The van der Waals surface area contributed by atoms with Gasteiger partial charge in [-0.25, -0.2) is 8.78 Å². The second-order valence-electron chi connectivity index (χ2n) is 9.42.